The largest absolute Gasteiger partial charge is 0.494 e. The van der Waals surface area contributed by atoms with E-state index >= 15 is 0 Å². The number of hydrogen-bond acceptors (Lipinski definition) is 4. The zero-order valence-electron chi connectivity index (χ0n) is 13.8. The highest BCUT2D eigenvalue weighted by molar-refractivity contribution is 7.80. The van der Waals surface area contributed by atoms with Gasteiger partial charge in [-0.2, -0.15) is 0 Å². The molecule has 0 aliphatic heterocycles. The van der Waals surface area contributed by atoms with Gasteiger partial charge in [0.05, 0.1) is 13.2 Å². The van der Waals surface area contributed by atoms with E-state index in [2.05, 4.69) is 23.1 Å². The Hall–Kier alpha value is -1.86. The molecule has 0 spiro atoms. The number of carbonyl (C=O) groups is 1. The van der Waals surface area contributed by atoms with Gasteiger partial charge in [0.15, 0.2) is 5.11 Å². The third kappa shape index (κ3) is 7.80. The zero-order valence-corrected chi connectivity index (χ0v) is 14.7. The number of carbonyl (C=O) groups excluding carboxylic acids is 1. The summed E-state index contributed by atoms with van der Waals surface area (Å²) < 4.78 is 10.6. The maximum absolute atomic E-state index is 12.0. The van der Waals surface area contributed by atoms with E-state index in [9.17, 15) is 4.79 Å². The van der Waals surface area contributed by atoms with E-state index in [1.807, 2.05) is 6.92 Å². The second-order valence-electron chi connectivity index (χ2n) is 5.14. The molecule has 3 N–H and O–H groups in total. The number of ether oxygens (including phenoxy) is 2. The summed E-state index contributed by atoms with van der Waals surface area (Å²) in [6.07, 6.45) is 2.10. The van der Waals surface area contributed by atoms with Crippen molar-refractivity contribution in [2.75, 3.05) is 20.3 Å². The van der Waals surface area contributed by atoms with E-state index < -0.39 is 0 Å². The van der Waals surface area contributed by atoms with Gasteiger partial charge in [-0.05, 0) is 49.8 Å². The van der Waals surface area contributed by atoms with Crippen LogP contribution in [0.3, 0.4) is 0 Å². The summed E-state index contributed by atoms with van der Waals surface area (Å²) >= 11 is 5.08. The van der Waals surface area contributed by atoms with Crippen molar-refractivity contribution in [1.82, 2.24) is 16.2 Å². The maximum atomic E-state index is 12.0. The highest BCUT2D eigenvalue weighted by atomic mass is 32.1. The third-order valence-electron chi connectivity index (χ3n) is 2.97. The van der Waals surface area contributed by atoms with Crippen molar-refractivity contribution in [2.45, 2.75) is 32.7 Å². The standard InChI is InChI=1S/C16H25N3O3S/c1-4-5-10-22-14-8-6-13(7-9-14)15(20)18-19-16(23)17-12(2)11-21-3/h6-9,12H,4-5,10-11H2,1-3H3,(H,18,20)(H2,17,19,23)/t12-/m1/s1. The van der Waals surface area contributed by atoms with Gasteiger partial charge in [0.25, 0.3) is 5.91 Å². The molecule has 128 valence electrons. The van der Waals surface area contributed by atoms with Crippen LogP contribution >= 0.6 is 12.2 Å². The van der Waals surface area contributed by atoms with E-state index in [4.69, 9.17) is 21.7 Å². The number of amides is 1. The number of methoxy groups -OCH3 is 1. The molecule has 6 nitrogen and oxygen atoms in total. The van der Waals surface area contributed by atoms with Crippen LogP contribution in [0.2, 0.25) is 0 Å². The number of benzene rings is 1. The van der Waals surface area contributed by atoms with Gasteiger partial charge in [0.1, 0.15) is 5.75 Å². The van der Waals surface area contributed by atoms with Crippen LogP contribution in [0.4, 0.5) is 0 Å². The Morgan fingerprint density at radius 2 is 1.96 bits per heavy atom. The van der Waals surface area contributed by atoms with Crippen molar-refractivity contribution >= 4 is 23.2 Å². The topological polar surface area (TPSA) is 71.6 Å². The molecule has 0 saturated carbocycles. The second kappa shape index (κ2) is 10.8. The Labute approximate surface area is 142 Å². The number of unbranched alkanes of at least 4 members (excludes halogenated alkanes) is 1. The molecule has 0 bridgehead atoms. The molecule has 0 unspecified atom stereocenters. The first-order valence-electron chi connectivity index (χ1n) is 7.65. The van der Waals surface area contributed by atoms with Gasteiger partial charge < -0.3 is 14.8 Å². The normalized spacial score (nSPS) is 11.4. The van der Waals surface area contributed by atoms with E-state index in [-0.39, 0.29) is 11.9 Å². The van der Waals surface area contributed by atoms with Gasteiger partial charge in [-0.1, -0.05) is 13.3 Å². The van der Waals surface area contributed by atoms with Crippen LogP contribution < -0.4 is 20.9 Å². The Morgan fingerprint density at radius 1 is 1.26 bits per heavy atom. The molecule has 0 saturated heterocycles. The molecule has 0 fully saturated rings. The fraction of sp³-hybridized carbons (Fsp3) is 0.500. The average molecular weight is 339 g/mol. The van der Waals surface area contributed by atoms with Crippen LogP contribution in [0.5, 0.6) is 5.75 Å². The van der Waals surface area contributed by atoms with Crippen LogP contribution in [-0.4, -0.2) is 37.4 Å². The summed E-state index contributed by atoms with van der Waals surface area (Å²) in [5.41, 5.74) is 5.73. The lowest BCUT2D eigenvalue weighted by Gasteiger charge is -2.16. The maximum Gasteiger partial charge on any atom is 0.269 e. The Bertz CT molecular complexity index is 494. The molecule has 1 aromatic carbocycles. The third-order valence-corrected chi connectivity index (χ3v) is 3.19. The summed E-state index contributed by atoms with van der Waals surface area (Å²) in [6, 6.07) is 7.03. The molecule has 0 aliphatic carbocycles. The molecule has 0 heterocycles. The molecule has 0 radical (unpaired) electrons. The first kappa shape index (κ1) is 19.2. The lowest BCUT2D eigenvalue weighted by atomic mass is 10.2. The number of rotatable bonds is 8. The molecule has 1 aromatic rings. The molecule has 23 heavy (non-hydrogen) atoms. The first-order chi connectivity index (χ1) is 11.1. The van der Waals surface area contributed by atoms with Gasteiger partial charge in [-0.25, -0.2) is 0 Å². The molecule has 7 heteroatoms. The lowest BCUT2D eigenvalue weighted by Crippen LogP contribution is -2.49. The Morgan fingerprint density at radius 3 is 2.57 bits per heavy atom. The molecule has 0 aromatic heterocycles. The van der Waals surface area contributed by atoms with Crippen molar-refractivity contribution in [3.8, 4) is 5.75 Å². The quantitative estimate of drug-likeness (QED) is 0.382. The predicted octanol–water partition coefficient (Wildman–Crippen LogP) is 2.01. The molecule has 1 amide bonds. The van der Waals surface area contributed by atoms with E-state index in [1.54, 1.807) is 31.4 Å². The van der Waals surface area contributed by atoms with Gasteiger partial charge in [0.2, 0.25) is 0 Å². The summed E-state index contributed by atoms with van der Waals surface area (Å²) in [4.78, 5) is 12.0. The average Bonchev–Trinajstić information content (AvgIpc) is 2.53. The van der Waals surface area contributed by atoms with Gasteiger partial charge >= 0.3 is 0 Å². The van der Waals surface area contributed by atoms with Crippen molar-refractivity contribution in [2.24, 2.45) is 0 Å². The summed E-state index contributed by atoms with van der Waals surface area (Å²) in [6.45, 7) is 5.24. The number of thiocarbonyl (C=S) groups is 1. The number of nitrogens with one attached hydrogen (secondary N) is 3. The lowest BCUT2D eigenvalue weighted by molar-refractivity contribution is 0.0943. The molecule has 1 rings (SSSR count). The second-order valence-corrected chi connectivity index (χ2v) is 5.54. The summed E-state index contributed by atoms with van der Waals surface area (Å²) in [7, 11) is 1.62. The molecular weight excluding hydrogens is 314 g/mol. The van der Waals surface area contributed by atoms with Gasteiger partial charge in [-0.3, -0.25) is 15.6 Å². The SMILES string of the molecule is CCCCOc1ccc(C(=O)NNC(=S)N[C@H](C)COC)cc1. The van der Waals surface area contributed by atoms with Crippen molar-refractivity contribution < 1.29 is 14.3 Å². The Kier molecular flexibility index (Phi) is 9.01. The van der Waals surface area contributed by atoms with Crippen LogP contribution in [0.1, 0.15) is 37.0 Å². The predicted molar refractivity (Wildman–Crippen MR) is 94.5 cm³/mol. The van der Waals surface area contributed by atoms with E-state index in [0.29, 0.717) is 23.9 Å². The van der Waals surface area contributed by atoms with E-state index in [1.165, 1.54) is 0 Å². The summed E-state index contributed by atoms with van der Waals surface area (Å²) in [5.74, 6) is 0.488. The Balaban J connectivity index is 2.38. The molecule has 0 aliphatic rings. The van der Waals surface area contributed by atoms with E-state index in [0.717, 1.165) is 18.6 Å². The smallest absolute Gasteiger partial charge is 0.269 e. The van der Waals surface area contributed by atoms with Gasteiger partial charge in [0, 0.05) is 18.7 Å². The van der Waals surface area contributed by atoms with Crippen LogP contribution in [0, 0.1) is 0 Å². The van der Waals surface area contributed by atoms with Crippen LogP contribution in [0.25, 0.3) is 0 Å². The fourth-order valence-corrected chi connectivity index (χ4v) is 2.03. The summed E-state index contributed by atoms with van der Waals surface area (Å²) in [5, 5.41) is 3.32. The highest BCUT2D eigenvalue weighted by Crippen LogP contribution is 2.12. The van der Waals surface area contributed by atoms with Crippen LogP contribution in [0.15, 0.2) is 24.3 Å². The molecule has 1 atom stereocenters. The van der Waals surface area contributed by atoms with Crippen molar-refractivity contribution in [3.05, 3.63) is 29.8 Å². The zero-order chi connectivity index (χ0) is 17.1. The minimum absolute atomic E-state index is 0.0523. The monoisotopic (exact) mass is 339 g/mol. The van der Waals surface area contributed by atoms with Gasteiger partial charge in [-0.15, -0.1) is 0 Å². The first-order valence-corrected chi connectivity index (χ1v) is 8.06. The van der Waals surface area contributed by atoms with Crippen molar-refractivity contribution in [1.29, 1.82) is 0 Å². The minimum atomic E-state index is -0.270. The highest BCUT2D eigenvalue weighted by Gasteiger charge is 2.07. The minimum Gasteiger partial charge on any atom is -0.494 e. The molecular formula is C16H25N3O3S. The van der Waals surface area contributed by atoms with Crippen LogP contribution in [-0.2, 0) is 4.74 Å². The number of hydrazine groups is 1. The fourth-order valence-electron chi connectivity index (χ4n) is 1.77. The number of hydrogen-bond donors (Lipinski definition) is 3. The van der Waals surface area contributed by atoms with Crippen molar-refractivity contribution in [3.63, 3.8) is 0 Å².